The Morgan fingerprint density at radius 3 is 2.37 bits per heavy atom. The molecule has 196 valence electrons. The Labute approximate surface area is 221 Å². The fourth-order valence-electron chi connectivity index (χ4n) is 3.71. The van der Waals surface area contributed by atoms with Crippen LogP contribution in [-0.4, -0.2) is 43.1 Å². The van der Waals surface area contributed by atoms with Crippen LogP contribution in [0.4, 0.5) is 11.4 Å². The van der Waals surface area contributed by atoms with Gasteiger partial charge in [-0.3, -0.25) is 9.59 Å². The number of aromatic nitrogens is 2. The summed E-state index contributed by atoms with van der Waals surface area (Å²) in [5.41, 5.74) is 3.49. The second-order valence-corrected chi connectivity index (χ2v) is 8.55. The van der Waals surface area contributed by atoms with E-state index in [-0.39, 0.29) is 17.3 Å². The van der Waals surface area contributed by atoms with Crippen molar-refractivity contribution in [3.8, 4) is 22.9 Å². The predicted octanol–water partition coefficient (Wildman–Crippen LogP) is 4.77. The van der Waals surface area contributed by atoms with E-state index in [9.17, 15) is 9.59 Å². The number of methoxy groups -OCH3 is 2. The number of nitrogens with one attached hydrogen (secondary N) is 2. The Hall–Kier alpha value is -4.63. The molecule has 0 spiro atoms. The summed E-state index contributed by atoms with van der Waals surface area (Å²) in [5.74, 6) is 1.36. The molecule has 4 rings (SSSR count). The van der Waals surface area contributed by atoms with Gasteiger partial charge in [-0.15, -0.1) is 0 Å². The van der Waals surface area contributed by atoms with E-state index in [1.807, 2.05) is 32.0 Å². The SMILES string of the molecule is COCCNC(=O)c1ccc(Nc2c(Oc3cccc(C)c3C)cnn(-c3ccc(OC)cc3)c2=O)cc1. The summed E-state index contributed by atoms with van der Waals surface area (Å²) in [5, 5.41) is 10.3. The zero-order chi connectivity index (χ0) is 27.1. The Morgan fingerprint density at radius 2 is 1.68 bits per heavy atom. The first-order valence-corrected chi connectivity index (χ1v) is 12.1. The third-order valence-electron chi connectivity index (χ3n) is 6.04. The maximum atomic E-state index is 13.7. The molecule has 0 radical (unpaired) electrons. The predicted molar refractivity (Wildman–Crippen MR) is 146 cm³/mol. The van der Waals surface area contributed by atoms with Gasteiger partial charge in [-0.1, -0.05) is 12.1 Å². The maximum Gasteiger partial charge on any atom is 0.299 e. The van der Waals surface area contributed by atoms with Crippen molar-refractivity contribution in [1.29, 1.82) is 0 Å². The van der Waals surface area contributed by atoms with E-state index < -0.39 is 5.56 Å². The van der Waals surface area contributed by atoms with Gasteiger partial charge in [0.25, 0.3) is 11.5 Å². The van der Waals surface area contributed by atoms with Crippen LogP contribution in [0.1, 0.15) is 21.5 Å². The molecule has 0 saturated carbocycles. The molecule has 0 atom stereocenters. The van der Waals surface area contributed by atoms with Crippen LogP contribution in [-0.2, 0) is 4.74 Å². The average molecular weight is 515 g/mol. The summed E-state index contributed by atoms with van der Waals surface area (Å²) in [6.07, 6.45) is 1.51. The second-order valence-electron chi connectivity index (χ2n) is 8.55. The molecule has 4 aromatic rings. The lowest BCUT2D eigenvalue weighted by molar-refractivity contribution is 0.0937. The molecule has 1 heterocycles. The molecule has 0 aliphatic carbocycles. The minimum absolute atomic E-state index is 0.203. The number of carbonyl (C=O) groups is 1. The Bertz CT molecular complexity index is 1460. The number of hydrogen-bond donors (Lipinski definition) is 2. The average Bonchev–Trinajstić information content (AvgIpc) is 2.94. The summed E-state index contributed by atoms with van der Waals surface area (Å²) in [7, 11) is 3.15. The minimum Gasteiger partial charge on any atom is -0.497 e. The normalized spacial score (nSPS) is 10.6. The van der Waals surface area contributed by atoms with E-state index >= 15 is 0 Å². The van der Waals surface area contributed by atoms with Crippen molar-refractivity contribution in [1.82, 2.24) is 15.1 Å². The highest BCUT2D eigenvalue weighted by molar-refractivity contribution is 5.94. The third-order valence-corrected chi connectivity index (χ3v) is 6.04. The molecule has 0 aliphatic heterocycles. The van der Waals surface area contributed by atoms with Gasteiger partial charge in [0.15, 0.2) is 11.4 Å². The van der Waals surface area contributed by atoms with Gasteiger partial charge in [-0.2, -0.15) is 9.78 Å². The Balaban J connectivity index is 1.69. The van der Waals surface area contributed by atoms with Crippen molar-refractivity contribution in [3.63, 3.8) is 0 Å². The van der Waals surface area contributed by atoms with Gasteiger partial charge in [-0.05, 0) is 79.6 Å². The van der Waals surface area contributed by atoms with E-state index in [0.29, 0.717) is 41.6 Å². The monoisotopic (exact) mass is 514 g/mol. The first kappa shape index (κ1) is 26.4. The number of carbonyl (C=O) groups excluding carboxylic acids is 1. The number of amides is 1. The standard InChI is InChI=1S/C29H30N4O5/c1-19-6-5-7-25(20(19)2)38-26-18-31-33(23-12-14-24(37-4)15-13-23)29(35)27(26)32-22-10-8-21(9-11-22)28(34)30-16-17-36-3/h5-15,18,32H,16-17H2,1-4H3,(H,30,34). The van der Waals surface area contributed by atoms with Gasteiger partial charge in [0, 0.05) is 24.9 Å². The number of benzene rings is 3. The van der Waals surface area contributed by atoms with Crippen LogP contribution in [0.25, 0.3) is 5.69 Å². The van der Waals surface area contributed by atoms with Crippen molar-refractivity contribution in [3.05, 3.63) is 100.0 Å². The molecule has 0 unspecified atom stereocenters. The largest absolute Gasteiger partial charge is 0.497 e. The number of ether oxygens (including phenoxy) is 3. The summed E-state index contributed by atoms with van der Waals surface area (Å²) in [6, 6.07) is 19.6. The van der Waals surface area contributed by atoms with Crippen molar-refractivity contribution in [2.24, 2.45) is 0 Å². The van der Waals surface area contributed by atoms with Crippen LogP contribution in [0.2, 0.25) is 0 Å². The molecule has 3 aromatic carbocycles. The minimum atomic E-state index is -0.403. The van der Waals surface area contributed by atoms with Crippen LogP contribution in [0.5, 0.6) is 17.2 Å². The van der Waals surface area contributed by atoms with Crippen molar-refractivity contribution >= 4 is 17.3 Å². The molecule has 0 aliphatic rings. The summed E-state index contributed by atoms with van der Waals surface area (Å²) >= 11 is 0. The molecule has 1 amide bonds. The van der Waals surface area contributed by atoms with Gasteiger partial charge >= 0.3 is 0 Å². The lowest BCUT2D eigenvalue weighted by atomic mass is 10.1. The molecule has 0 fully saturated rings. The number of hydrogen-bond acceptors (Lipinski definition) is 7. The molecule has 1 aromatic heterocycles. The lowest BCUT2D eigenvalue weighted by Gasteiger charge is -2.16. The summed E-state index contributed by atoms with van der Waals surface area (Å²) < 4.78 is 17.7. The topological polar surface area (TPSA) is 104 Å². The van der Waals surface area contributed by atoms with Gasteiger partial charge in [0.05, 0.1) is 25.6 Å². The maximum absolute atomic E-state index is 13.7. The fourth-order valence-corrected chi connectivity index (χ4v) is 3.71. The van der Waals surface area contributed by atoms with Crippen LogP contribution in [0.15, 0.2) is 77.7 Å². The van der Waals surface area contributed by atoms with Gasteiger partial charge in [-0.25, -0.2) is 0 Å². The highest BCUT2D eigenvalue weighted by Crippen LogP contribution is 2.32. The van der Waals surface area contributed by atoms with Gasteiger partial charge in [0.2, 0.25) is 0 Å². The summed E-state index contributed by atoms with van der Waals surface area (Å²) in [4.78, 5) is 26.0. The van der Waals surface area contributed by atoms with Crippen LogP contribution >= 0.6 is 0 Å². The van der Waals surface area contributed by atoms with Crippen LogP contribution in [0.3, 0.4) is 0 Å². The second kappa shape index (κ2) is 12.1. The number of nitrogens with zero attached hydrogens (tertiary/aromatic N) is 2. The Kier molecular flexibility index (Phi) is 8.40. The van der Waals surface area contributed by atoms with Crippen LogP contribution < -0.4 is 25.7 Å². The zero-order valence-corrected chi connectivity index (χ0v) is 21.8. The van der Waals surface area contributed by atoms with Crippen molar-refractivity contribution < 1.29 is 19.0 Å². The highest BCUT2D eigenvalue weighted by Gasteiger charge is 2.17. The quantitative estimate of drug-likeness (QED) is 0.294. The van der Waals surface area contributed by atoms with E-state index in [2.05, 4.69) is 15.7 Å². The smallest absolute Gasteiger partial charge is 0.299 e. The van der Waals surface area contributed by atoms with E-state index in [4.69, 9.17) is 14.2 Å². The molecule has 2 N–H and O–H groups in total. The molecular weight excluding hydrogens is 484 g/mol. The third kappa shape index (κ3) is 6.01. The molecule has 0 bridgehead atoms. The zero-order valence-electron chi connectivity index (χ0n) is 21.8. The van der Waals surface area contributed by atoms with E-state index in [1.54, 1.807) is 62.8 Å². The van der Waals surface area contributed by atoms with Crippen molar-refractivity contribution in [2.75, 3.05) is 32.7 Å². The van der Waals surface area contributed by atoms with E-state index in [1.165, 1.54) is 10.9 Å². The number of anilines is 2. The summed E-state index contributed by atoms with van der Waals surface area (Å²) in [6.45, 7) is 4.79. The van der Waals surface area contributed by atoms with Crippen LogP contribution in [0, 0.1) is 13.8 Å². The number of aryl methyl sites for hydroxylation is 1. The highest BCUT2D eigenvalue weighted by atomic mass is 16.5. The van der Waals surface area contributed by atoms with Gasteiger partial charge in [0.1, 0.15) is 11.5 Å². The molecule has 38 heavy (non-hydrogen) atoms. The first-order chi connectivity index (χ1) is 18.4. The Morgan fingerprint density at radius 1 is 0.947 bits per heavy atom. The molecule has 9 heteroatoms. The fraction of sp³-hybridized carbons (Fsp3) is 0.207. The lowest BCUT2D eigenvalue weighted by Crippen LogP contribution is -2.26. The molecular formula is C29H30N4O5. The first-order valence-electron chi connectivity index (χ1n) is 12.1. The van der Waals surface area contributed by atoms with Gasteiger partial charge < -0.3 is 24.8 Å². The molecule has 0 saturated heterocycles. The number of rotatable bonds is 10. The molecule has 9 nitrogen and oxygen atoms in total. The van der Waals surface area contributed by atoms with E-state index in [0.717, 1.165) is 11.1 Å². The van der Waals surface area contributed by atoms with Crippen molar-refractivity contribution in [2.45, 2.75) is 13.8 Å².